The van der Waals surface area contributed by atoms with Gasteiger partial charge < -0.3 is 15.0 Å². The van der Waals surface area contributed by atoms with Crippen molar-refractivity contribution < 1.29 is 14.4 Å². The zero-order valence-corrected chi connectivity index (χ0v) is 17.2. The zero-order valence-electron chi connectivity index (χ0n) is 17.2. The van der Waals surface area contributed by atoms with Crippen molar-refractivity contribution in [3.05, 3.63) is 70.8 Å². The molecule has 0 unspecified atom stereocenters. The van der Waals surface area contributed by atoms with E-state index in [2.05, 4.69) is 29.6 Å². The van der Waals surface area contributed by atoms with Crippen molar-refractivity contribution in [3.8, 4) is 0 Å². The highest BCUT2D eigenvalue weighted by Gasteiger charge is 2.13. The van der Waals surface area contributed by atoms with E-state index in [9.17, 15) is 4.79 Å². The Morgan fingerprint density at radius 3 is 2.18 bits per heavy atom. The van der Waals surface area contributed by atoms with Crippen molar-refractivity contribution >= 4 is 5.91 Å². The zero-order chi connectivity index (χ0) is 19.8. The first-order valence-corrected chi connectivity index (χ1v) is 10.5. The second-order valence-electron chi connectivity index (χ2n) is 8.04. The van der Waals surface area contributed by atoms with Gasteiger partial charge in [-0.05, 0) is 56.4 Å². The summed E-state index contributed by atoms with van der Waals surface area (Å²) in [5.74, 6) is -0.0434. The molecule has 0 saturated carbocycles. The molecule has 1 heterocycles. The number of hydrogen-bond acceptors (Lipinski definition) is 2. The van der Waals surface area contributed by atoms with Gasteiger partial charge in [0.05, 0.1) is 25.8 Å². The number of piperidine rings is 1. The van der Waals surface area contributed by atoms with Gasteiger partial charge in [0.2, 0.25) is 0 Å². The third-order valence-corrected chi connectivity index (χ3v) is 5.29. The topological polar surface area (TPSA) is 42.8 Å². The summed E-state index contributed by atoms with van der Waals surface area (Å²) in [7, 11) is 0. The first-order valence-electron chi connectivity index (χ1n) is 10.5. The quantitative estimate of drug-likeness (QED) is 0.738. The number of quaternary nitrogens is 1. The summed E-state index contributed by atoms with van der Waals surface area (Å²) in [6, 6.07) is 16.3. The molecule has 0 aromatic heterocycles. The normalized spacial score (nSPS) is 15.0. The van der Waals surface area contributed by atoms with Gasteiger partial charge in [0.15, 0.2) is 0 Å². The van der Waals surface area contributed by atoms with Crippen LogP contribution in [0.1, 0.15) is 60.2 Å². The van der Waals surface area contributed by atoms with E-state index in [0.29, 0.717) is 18.7 Å². The Labute approximate surface area is 168 Å². The summed E-state index contributed by atoms with van der Waals surface area (Å²) in [6.45, 7) is 8.85. The van der Waals surface area contributed by atoms with Gasteiger partial charge in [-0.2, -0.15) is 0 Å². The molecule has 0 spiro atoms. The highest BCUT2D eigenvalue weighted by molar-refractivity contribution is 5.94. The highest BCUT2D eigenvalue weighted by atomic mass is 16.5. The monoisotopic (exact) mass is 381 g/mol. The maximum absolute atomic E-state index is 12.4. The molecular formula is C24H33N2O2+. The molecule has 0 bridgehead atoms. The average Bonchev–Trinajstić information content (AvgIpc) is 2.72. The minimum absolute atomic E-state index is 0.0434. The van der Waals surface area contributed by atoms with Crippen LogP contribution in [0.2, 0.25) is 0 Å². The van der Waals surface area contributed by atoms with Crippen LogP contribution in [-0.2, 0) is 24.4 Å². The Morgan fingerprint density at radius 2 is 1.54 bits per heavy atom. The van der Waals surface area contributed by atoms with Gasteiger partial charge in [-0.1, -0.05) is 36.4 Å². The lowest BCUT2D eigenvalue weighted by Crippen LogP contribution is -3.11. The second-order valence-corrected chi connectivity index (χ2v) is 8.04. The molecule has 0 radical (unpaired) electrons. The molecule has 28 heavy (non-hydrogen) atoms. The average molecular weight is 382 g/mol. The molecule has 0 aliphatic carbocycles. The van der Waals surface area contributed by atoms with E-state index in [1.54, 1.807) is 4.90 Å². The number of likely N-dealkylation sites (tertiary alicyclic amines) is 1. The molecule has 2 aromatic carbocycles. The molecule has 2 aromatic rings. The van der Waals surface area contributed by atoms with Gasteiger partial charge >= 0.3 is 0 Å². The number of carbonyl (C=O) groups excluding carboxylic acids is 1. The van der Waals surface area contributed by atoms with Gasteiger partial charge in [-0.25, -0.2) is 0 Å². The van der Waals surface area contributed by atoms with E-state index in [-0.39, 0.29) is 12.0 Å². The number of amides is 1. The summed E-state index contributed by atoms with van der Waals surface area (Å²) in [5.41, 5.74) is 4.27. The lowest BCUT2D eigenvalue weighted by molar-refractivity contribution is -0.918. The largest absolute Gasteiger partial charge is 0.374 e. The van der Waals surface area contributed by atoms with Crippen molar-refractivity contribution in [2.24, 2.45) is 0 Å². The van der Waals surface area contributed by atoms with Crippen LogP contribution in [0, 0.1) is 0 Å². The Morgan fingerprint density at radius 1 is 0.929 bits per heavy atom. The molecule has 0 atom stereocenters. The van der Waals surface area contributed by atoms with E-state index in [4.69, 9.17) is 4.74 Å². The smallest absolute Gasteiger partial charge is 0.251 e. The third kappa shape index (κ3) is 6.47. The summed E-state index contributed by atoms with van der Waals surface area (Å²) < 4.78 is 5.59. The lowest BCUT2D eigenvalue weighted by Gasteiger charge is -2.23. The maximum atomic E-state index is 12.4. The van der Waals surface area contributed by atoms with Crippen molar-refractivity contribution in [2.75, 3.05) is 13.1 Å². The number of carbonyl (C=O) groups is 1. The fourth-order valence-corrected chi connectivity index (χ4v) is 3.59. The molecule has 3 rings (SSSR count). The van der Waals surface area contributed by atoms with Crippen molar-refractivity contribution in [1.29, 1.82) is 0 Å². The first-order chi connectivity index (χ1) is 13.6. The fourth-order valence-electron chi connectivity index (χ4n) is 3.59. The molecule has 4 heteroatoms. The predicted octanol–water partition coefficient (Wildman–Crippen LogP) is 3.11. The number of hydrogen-bond donors (Lipinski definition) is 2. The summed E-state index contributed by atoms with van der Waals surface area (Å²) in [6.07, 6.45) is 4.29. The van der Waals surface area contributed by atoms with E-state index in [0.717, 1.165) is 17.7 Å². The predicted molar refractivity (Wildman–Crippen MR) is 112 cm³/mol. The molecule has 1 saturated heterocycles. The van der Waals surface area contributed by atoms with Crippen LogP contribution in [0.15, 0.2) is 48.5 Å². The Kier molecular flexibility index (Phi) is 7.63. The lowest BCUT2D eigenvalue weighted by atomic mass is 10.1. The van der Waals surface area contributed by atoms with E-state index in [1.165, 1.54) is 37.9 Å². The summed E-state index contributed by atoms with van der Waals surface area (Å²) in [5, 5.41) is 3.01. The molecule has 1 fully saturated rings. The highest BCUT2D eigenvalue weighted by Crippen LogP contribution is 2.08. The van der Waals surface area contributed by atoms with E-state index in [1.807, 2.05) is 38.1 Å². The van der Waals surface area contributed by atoms with Crippen LogP contribution in [0.4, 0.5) is 0 Å². The third-order valence-electron chi connectivity index (χ3n) is 5.29. The van der Waals surface area contributed by atoms with Crippen LogP contribution < -0.4 is 10.2 Å². The van der Waals surface area contributed by atoms with Crippen LogP contribution >= 0.6 is 0 Å². The standard InChI is InChI=1S/C24H32N2O2/c1-19(2)28-18-22-10-12-23(13-11-22)24(27)25-16-20-6-8-21(9-7-20)17-26-14-4-3-5-15-26/h6-13,19H,3-5,14-18H2,1-2H3,(H,25,27)/p+1. The Hall–Kier alpha value is -2.17. The first kappa shape index (κ1) is 20.6. The molecule has 1 aliphatic heterocycles. The molecular weight excluding hydrogens is 348 g/mol. The molecule has 150 valence electrons. The van der Waals surface area contributed by atoms with Gasteiger partial charge in [-0.15, -0.1) is 0 Å². The van der Waals surface area contributed by atoms with Crippen LogP contribution in [-0.4, -0.2) is 25.1 Å². The van der Waals surface area contributed by atoms with Crippen LogP contribution in [0.25, 0.3) is 0 Å². The Balaban J connectivity index is 1.46. The Bertz CT molecular complexity index is 732. The molecule has 2 N–H and O–H groups in total. The van der Waals surface area contributed by atoms with Crippen molar-refractivity contribution in [2.45, 2.75) is 58.9 Å². The fraction of sp³-hybridized carbons (Fsp3) is 0.458. The van der Waals surface area contributed by atoms with Crippen molar-refractivity contribution in [3.63, 3.8) is 0 Å². The van der Waals surface area contributed by atoms with Gasteiger partial charge in [0.1, 0.15) is 6.54 Å². The number of nitrogens with one attached hydrogen (secondary N) is 2. The van der Waals surface area contributed by atoms with E-state index < -0.39 is 0 Å². The number of rotatable bonds is 8. The minimum Gasteiger partial charge on any atom is -0.374 e. The van der Waals surface area contributed by atoms with E-state index >= 15 is 0 Å². The van der Waals surface area contributed by atoms with Crippen molar-refractivity contribution in [1.82, 2.24) is 5.32 Å². The molecule has 1 amide bonds. The van der Waals surface area contributed by atoms with Gasteiger partial charge in [-0.3, -0.25) is 4.79 Å². The molecule has 4 nitrogen and oxygen atoms in total. The van der Waals surface area contributed by atoms with Gasteiger partial charge in [0, 0.05) is 17.7 Å². The SMILES string of the molecule is CC(C)OCc1ccc(C(=O)NCc2ccc(C[NH+]3CCCCC3)cc2)cc1. The van der Waals surface area contributed by atoms with Crippen LogP contribution in [0.5, 0.6) is 0 Å². The number of benzene rings is 2. The second kappa shape index (κ2) is 10.4. The number of ether oxygens (including phenoxy) is 1. The minimum atomic E-state index is -0.0434. The summed E-state index contributed by atoms with van der Waals surface area (Å²) >= 11 is 0. The molecule has 1 aliphatic rings. The summed E-state index contributed by atoms with van der Waals surface area (Å²) in [4.78, 5) is 14.1. The van der Waals surface area contributed by atoms with Crippen LogP contribution in [0.3, 0.4) is 0 Å². The maximum Gasteiger partial charge on any atom is 0.251 e. The van der Waals surface area contributed by atoms with Gasteiger partial charge in [0.25, 0.3) is 5.91 Å².